The summed E-state index contributed by atoms with van der Waals surface area (Å²) in [5, 5.41) is 0.574. The number of benzene rings is 1. The summed E-state index contributed by atoms with van der Waals surface area (Å²) in [6.07, 6.45) is 4.19. The molecule has 2 aromatic rings. The smallest absolute Gasteiger partial charge is 0.187 e. The van der Waals surface area contributed by atoms with E-state index >= 15 is 0 Å². The molecule has 0 radical (unpaired) electrons. The largest absolute Gasteiger partial charge is 0.301 e. The SMILES string of the molecule is CSc1nccc(C(Br)(C=O)c2ccc(F)cc2)n1. The van der Waals surface area contributed by atoms with Gasteiger partial charge in [0.25, 0.3) is 0 Å². The van der Waals surface area contributed by atoms with Crippen molar-refractivity contribution in [2.24, 2.45) is 0 Å². The number of thioether (sulfide) groups is 1. The molecule has 1 heterocycles. The van der Waals surface area contributed by atoms with Gasteiger partial charge in [0.1, 0.15) is 16.4 Å². The van der Waals surface area contributed by atoms with Gasteiger partial charge in [-0.1, -0.05) is 39.8 Å². The van der Waals surface area contributed by atoms with Crippen LogP contribution in [0.25, 0.3) is 0 Å². The number of rotatable bonds is 4. The summed E-state index contributed by atoms with van der Waals surface area (Å²) in [6, 6.07) is 7.39. The van der Waals surface area contributed by atoms with E-state index in [1.165, 1.54) is 23.9 Å². The molecule has 0 aliphatic carbocycles. The van der Waals surface area contributed by atoms with Gasteiger partial charge in [-0.15, -0.1) is 0 Å². The molecule has 0 spiro atoms. The highest BCUT2D eigenvalue weighted by Crippen LogP contribution is 2.35. The number of nitrogens with zero attached hydrogens (tertiary/aromatic N) is 2. The number of hydrogen-bond acceptors (Lipinski definition) is 4. The number of alkyl halides is 1. The molecular weight excluding hydrogens is 331 g/mol. The molecule has 0 saturated carbocycles. The zero-order valence-electron chi connectivity index (χ0n) is 10.0. The molecule has 0 fully saturated rings. The Labute approximate surface area is 122 Å². The fourth-order valence-electron chi connectivity index (χ4n) is 1.61. The number of carbonyl (C=O) groups is 1. The van der Waals surface area contributed by atoms with Crippen LogP contribution in [0, 0.1) is 5.82 Å². The Kier molecular flexibility index (Phi) is 4.31. The molecule has 19 heavy (non-hydrogen) atoms. The molecule has 6 heteroatoms. The van der Waals surface area contributed by atoms with E-state index in [-0.39, 0.29) is 5.82 Å². The summed E-state index contributed by atoms with van der Waals surface area (Å²) in [7, 11) is 0. The van der Waals surface area contributed by atoms with Crippen molar-refractivity contribution >= 4 is 34.0 Å². The van der Waals surface area contributed by atoms with Crippen LogP contribution < -0.4 is 0 Å². The van der Waals surface area contributed by atoms with Crippen LogP contribution in [0.15, 0.2) is 41.7 Å². The second kappa shape index (κ2) is 5.79. The lowest BCUT2D eigenvalue weighted by molar-refractivity contribution is -0.109. The van der Waals surface area contributed by atoms with E-state index in [4.69, 9.17) is 0 Å². The zero-order valence-corrected chi connectivity index (χ0v) is 12.4. The lowest BCUT2D eigenvalue weighted by atomic mass is 9.97. The van der Waals surface area contributed by atoms with Crippen LogP contribution in [0.4, 0.5) is 4.39 Å². The van der Waals surface area contributed by atoms with Crippen LogP contribution in [-0.4, -0.2) is 22.5 Å². The van der Waals surface area contributed by atoms with E-state index in [0.717, 1.165) is 6.29 Å². The maximum Gasteiger partial charge on any atom is 0.187 e. The Morgan fingerprint density at radius 2 is 2.00 bits per heavy atom. The quantitative estimate of drug-likeness (QED) is 0.371. The van der Waals surface area contributed by atoms with Gasteiger partial charge in [-0.05, 0) is 30.0 Å². The molecule has 0 saturated heterocycles. The van der Waals surface area contributed by atoms with Gasteiger partial charge in [-0.2, -0.15) is 0 Å². The first-order chi connectivity index (χ1) is 9.10. The Bertz CT molecular complexity index is 593. The van der Waals surface area contributed by atoms with Gasteiger partial charge >= 0.3 is 0 Å². The monoisotopic (exact) mass is 340 g/mol. The first-order valence-corrected chi connectivity index (χ1v) is 7.40. The van der Waals surface area contributed by atoms with Gasteiger partial charge in [0.05, 0.1) is 5.69 Å². The number of aldehydes is 1. The summed E-state index contributed by atoms with van der Waals surface area (Å²) in [5.74, 6) is -0.350. The molecule has 2 rings (SSSR count). The second-order valence-corrected chi connectivity index (χ2v) is 5.79. The third-order valence-corrected chi connectivity index (χ3v) is 4.23. The summed E-state index contributed by atoms with van der Waals surface area (Å²) in [5.41, 5.74) is 1.14. The molecule has 0 bridgehead atoms. The molecule has 1 aromatic carbocycles. The van der Waals surface area contributed by atoms with Gasteiger partial charge in [0, 0.05) is 6.20 Å². The average Bonchev–Trinajstić information content (AvgIpc) is 2.47. The van der Waals surface area contributed by atoms with Crippen LogP contribution in [0.5, 0.6) is 0 Å². The van der Waals surface area contributed by atoms with Crippen molar-refractivity contribution in [1.29, 1.82) is 0 Å². The maximum absolute atomic E-state index is 13.0. The molecule has 0 aliphatic rings. The number of carbonyl (C=O) groups excluding carboxylic acids is 1. The van der Waals surface area contributed by atoms with Crippen molar-refractivity contribution in [2.45, 2.75) is 9.48 Å². The van der Waals surface area contributed by atoms with Crippen molar-refractivity contribution < 1.29 is 9.18 Å². The Morgan fingerprint density at radius 3 is 2.58 bits per heavy atom. The summed E-state index contributed by atoms with van der Waals surface area (Å²) in [6.45, 7) is 0. The normalized spacial score (nSPS) is 13.8. The summed E-state index contributed by atoms with van der Waals surface area (Å²) < 4.78 is 11.9. The van der Waals surface area contributed by atoms with Crippen LogP contribution in [0.2, 0.25) is 0 Å². The predicted molar refractivity (Wildman–Crippen MR) is 76.0 cm³/mol. The van der Waals surface area contributed by atoms with E-state index in [9.17, 15) is 9.18 Å². The van der Waals surface area contributed by atoms with Crippen LogP contribution in [0.1, 0.15) is 11.3 Å². The van der Waals surface area contributed by atoms with Gasteiger partial charge in [0.2, 0.25) is 0 Å². The van der Waals surface area contributed by atoms with E-state index in [1.54, 1.807) is 24.4 Å². The van der Waals surface area contributed by atoms with E-state index in [0.29, 0.717) is 16.4 Å². The standard InChI is InChI=1S/C13H10BrFN2OS/c1-19-12-16-7-6-11(17-12)13(14,8-18)9-2-4-10(15)5-3-9/h2-8H,1H3. The lowest BCUT2D eigenvalue weighted by Gasteiger charge is -2.21. The highest BCUT2D eigenvalue weighted by Gasteiger charge is 2.32. The van der Waals surface area contributed by atoms with Crippen LogP contribution in [0.3, 0.4) is 0 Å². The van der Waals surface area contributed by atoms with Crippen molar-refractivity contribution in [3.63, 3.8) is 0 Å². The molecule has 0 amide bonds. The molecule has 1 atom stereocenters. The third-order valence-electron chi connectivity index (χ3n) is 2.62. The molecule has 1 unspecified atom stereocenters. The lowest BCUT2D eigenvalue weighted by Crippen LogP contribution is -2.23. The molecule has 98 valence electrons. The Hall–Kier alpha value is -1.27. The Morgan fingerprint density at radius 1 is 1.32 bits per heavy atom. The molecule has 3 nitrogen and oxygen atoms in total. The average molecular weight is 341 g/mol. The van der Waals surface area contributed by atoms with Crippen molar-refractivity contribution in [3.05, 3.63) is 53.6 Å². The van der Waals surface area contributed by atoms with E-state index < -0.39 is 4.32 Å². The second-order valence-electron chi connectivity index (χ2n) is 3.77. The minimum Gasteiger partial charge on any atom is -0.301 e. The van der Waals surface area contributed by atoms with Crippen LogP contribution >= 0.6 is 27.7 Å². The minimum atomic E-state index is -1.09. The van der Waals surface area contributed by atoms with E-state index in [2.05, 4.69) is 25.9 Å². The first-order valence-electron chi connectivity index (χ1n) is 5.39. The Balaban J connectivity index is 2.52. The van der Waals surface area contributed by atoms with Gasteiger partial charge in [-0.25, -0.2) is 14.4 Å². The zero-order chi connectivity index (χ0) is 13.9. The topological polar surface area (TPSA) is 42.9 Å². The van der Waals surface area contributed by atoms with Crippen LogP contribution in [-0.2, 0) is 9.12 Å². The minimum absolute atomic E-state index is 0.350. The number of hydrogen-bond donors (Lipinski definition) is 0. The number of halogens is 2. The van der Waals surface area contributed by atoms with Crippen molar-refractivity contribution in [2.75, 3.05) is 6.26 Å². The highest BCUT2D eigenvalue weighted by molar-refractivity contribution is 9.10. The maximum atomic E-state index is 13.0. The van der Waals surface area contributed by atoms with E-state index in [1.807, 2.05) is 6.26 Å². The molecular formula is C13H10BrFN2OS. The molecule has 0 aliphatic heterocycles. The number of aromatic nitrogens is 2. The predicted octanol–water partition coefficient (Wildman–Crippen LogP) is 3.18. The molecule has 1 aromatic heterocycles. The summed E-state index contributed by atoms with van der Waals surface area (Å²) >= 11 is 4.79. The van der Waals surface area contributed by atoms with Gasteiger partial charge in [0.15, 0.2) is 5.16 Å². The van der Waals surface area contributed by atoms with Crippen molar-refractivity contribution in [1.82, 2.24) is 9.97 Å². The fraction of sp³-hybridized carbons (Fsp3) is 0.154. The molecule has 0 N–H and O–H groups in total. The summed E-state index contributed by atoms with van der Waals surface area (Å²) in [4.78, 5) is 19.9. The first kappa shape index (κ1) is 14.1. The fourth-order valence-corrected chi connectivity index (χ4v) is 2.45. The van der Waals surface area contributed by atoms with Crippen molar-refractivity contribution in [3.8, 4) is 0 Å². The highest BCUT2D eigenvalue weighted by atomic mass is 79.9. The van der Waals surface area contributed by atoms with Gasteiger partial charge in [-0.3, -0.25) is 0 Å². The third kappa shape index (κ3) is 2.84. The van der Waals surface area contributed by atoms with Gasteiger partial charge < -0.3 is 4.79 Å².